The first kappa shape index (κ1) is 11.8. The molecule has 0 aliphatic carbocycles. The van der Waals surface area contributed by atoms with Crippen molar-refractivity contribution < 1.29 is 4.74 Å². The van der Waals surface area contributed by atoms with Crippen molar-refractivity contribution in [3.8, 4) is 17.1 Å². The number of nitrogens with zero attached hydrogens (tertiary/aromatic N) is 3. The van der Waals surface area contributed by atoms with Crippen molar-refractivity contribution in [2.45, 2.75) is 12.1 Å². The summed E-state index contributed by atoms with van der Waals surface area (Å²) in [5, 5.41) is 8.77. The minimum absolute atomic E-state index is 0.602. The molecule has 0 radical (unpaired) electrons. The Morgan fingerprint density at radius 1 is 1.35 bits per heavy atom. The molecule has 2 rings (SSSR count). The summed E-state index contributed by atoms with van der Waals surface area (Å²) in [4.78, 5) is 0. The molecule has 0 unspecified atom stereocenters. The molecular weight excluding hydrogens is 236 g/mol. The minimum atomic E-state index is 0.602. The highest BCUT2D eigenvalue weighted by atomic mass is 32.2. The smallest absolute Gasteiger partial charge is 0.209 e. The Kier molecular flexibility index (Phi) is 3.53. The van der Waals surface area contributed by atoms with Gasteiger partial charge in [0.25, 0.3) is 0 Å². The molecule has 0 amide bonds. The third-order valence-electron chi connectivity index (χ3n) is 2.27. The third-order valence-corrected chi connectivity index (χ3v) is 2.92. The van der Waals surface area contributed by atoms with E-state index in [2.05, 4.69) is 10.2 Å². The van der Waals surface area contributed by atoms with Crippen LogP contribution in [0.5, 0.6) is 5.75 Å². The summed E-state index contributed by atoms with van der Waals surface area (Å²) in [5.74, 6) is 7.30. The normalized spacial score (nSPS) is 10.5. The lowest BCUT2D eigenvalue weighted by atomic mass is 10.2. The number of thioether (sulfide) groups is 1. The van der Waals surface area contributed by atoms with Crippen LogP contribution in [0.3, 0.4) is 0 Å². The molecule has 6 heteroatoms. The van der Waals surface area contributed by atoms with E-state index in [1.165, 1.54) is 16.4 Å². The minimum Gasteiger partial charge on any atom is -0.493 e. The van der Waals surface area contributed by atoms with Crippen molar-refractivity contribution in [3.63, 3.8) is 0 Å². The summed E-state index contributed by atoms with van der Waals surface area (Å²) in [6, 6.07) is 7.65. The first-order chi connectivity index (χ1) is 8.27. The van der Waals surface area contributed by atoms with Crippen LogP contribution in [0.2, 0.25) is 0 Å². The monoisotopic (exact) mass is 250 g/mol. The SMILES string of the molecule is CCOc1ccccc1-c1nnc(SC)n1N. The predicted octanol–water partition coefficient (Wildman–Crippen LogP) is 1.78. The summed E-state index contributed by atoms with van der Waals surface area (Å²) in [5.41, 5.74) is 0.852. The van der Waals surface area contributed by atoms with Crippen molar-refractivity contribution >= 4 is 11.8 Å². The van der Waals surface area contributed by atoms with E-state index in [0.29, 0.717) is 17.6 Å². The van der Waals surface area contributed by atoms with Crippen LogP contribution < -0.4 is 10.6 Å². The van der Waals surface area contributed by atoms with Crippen LogP contribution in [0.25, 0.3) is 11.4 Å². The van der Waals surface area contributed by atoms with Crippen molar-refractivity contribution in [1.82, 2.24) is 14.9 Å². The van der Waals surface area contributed by atoms with Crippen LogP contribution in [0.1, 0.15) is 6.92 Å². The standard InChI is InChI=1S/C11H14N4OS/c1-3-16-9-7-5-4-6-8(9)10-13-14-11(17-2)15(10)12/h4-7H,3,12H2,1-2H3. The zero-order chi connectivity index (χ0) is 12.3. The number of nitrogen functional groups attached to an aromatic ring is 1. The highest BCUT2D eigenvalue weighted by Crippen LogP contribution is 2.29. The lowest BCUT2D eigenvalue weighted by Crippen LogP contribution is -2.11. The number of rotatable bonds is 4. The van der Waals surface area contributed by atoms with E-state index < -0.39 is 0 Å². The molecule has 0 atom stereocenters. The molecule has 2 N–H and O–H groups in total. The molecule has 0 spiro atoms. The molecule has 90 valence electrons. The molecule has 0 aliphatic rings. The van der Waals surface area contributed by atoms with Crippen LogP contribution in [0.4, 0.5) is 0 Å². The van der Waals surface area contributed by atoms with E-state index in [9.17, 15) is 0 Å². The van der Waals surface area contributed by atoms with Gasteiger partial charge in [0.15, 0.2) is 5.82 Å². The van der Waals surface area contributed by atoms with Gasteiger partial charge in [0.2, 0.25) is 5.16 Å². The number of hydrogen-bond donors (Lipinski definition) is 1. The Morgan fingerprint density at radius 3 is 2.76 bits per heavy atom. The maximum absolute atomic E-state index is 5.93. The van der Waals surface area contributed by atoms with Gasteiger partial charge in [0, 0.05) is 0 Å². The Bertz CT molecular complexity index is 512. The molecule has 17 heavy (non-hydrogen) atoms. The predicted molar refractivity (Wildman–Crippen MR) is 68.6 cm³/mol. The van der Waals surface area contributed by atoms with Gasteiger partial charge in [-0.1, -0.05) is 23.9 Å². The average Bonchev–Trinajstić information content (AvgIpc) is 2.72. The topological polar surface area (TPSA) is 66.0 Å². The molecule has 0 saturated heterocycles. The van der Waals surface area contributed by atoms with Crippen molar-refractivity contribution in [1.29, 1.82) is 0 Å². The molecule has 1 heterocycles. The Morgan fingerprint density at radius 2 is 2.12 bits per heavy atom. The van der Waals surface area contributed by atoms with E-state index >= 15 is 0 Å². The maximum Gasteiger partial charge on any atom is 0.209 e. The lowest BCUT2D eigenvalue weighted by molar-refractivity contribution is 0.341. The number of para-hydroxylation sites is 1. The quantitative estimate of drug-likeness (QED) is 0.662. The molecule has 5 nitrogen and oxygen atoms in total. The molecule has 0 fully saturated rings. The van der Waals surface area contributed by atoms with E-state index in [1.807, 2.05) is 37.4 Å². The Hall–Kier alpha value is -1.69. The second-order valence-electron chi connectivity index (χ2n) is 3.31. The van der Waals surface area contributed by atoms with Gasteiger partial charge in [-0.25, -0.2) is 4.68 Å². The zero-order valence-corrected chi connectivity index (χ0v) is 10.6. The maximum atomic E-state index is 5.93. The molecule has 2 aromatic rings. The second-order valence-corrected chi connectivity index (χ2v) is 4.08. The van der Waals surface area contributed by atoms with Gasteiger partial charge in [0.05, 0.1) is 12.2 Å². The summed E-state index contributed by atoms with van der Waals surface area (Å²) >= 11 is 1.45. The first-order valence-electron chi connectivity index (χ1n) is 5.24. The number of aromatic nitrogens is 3. The van der Waals surface area contributed by atoms with Crippen LogP contribution in [0, 0.1) is 0 Å². The van der Waals surface area contributed by atoms with Crippen LogP contribution in [-0.2, 0) is 0 Å². The van der Waals surface area contributed by atoms with Crippen molar-refractivity contribution in [2.75, 3.05) is 18.7 Å². The number of hydrogen-bond acceptors (Lipinski definition) is 5. The third kappa shape index (κ3) is 2.21. The van der Waals surface area contributed by atoms with Gasteiger partial charge in [0.1, 0.15) is 5.75 Å². The number of ether oxygens (including phenoxy) is 1. The van der Waals surface area contributed by atoms with Gasteiger partial charge in [-0.05, 0) is 25.3 Å². The number of benzene rings is 1. The van der Waals surface area contributed by atoms with Crippen LogP contribution in [0.15, 0.2) is 29.4 Å². The Labute approximate surface area is 104 Å². The van der Waals surface area contributed by atoms with Gasteiger partial charge in [-0.3, -0.25) is 0 Å². The highest BCUT2D eigenvalue weighted by Gasteiger charge is 2.14. The molecule has 0 aliphatic heterocycles. The van der Waals surface area contributed by atoms with Crippen molar-refractivity contribution in [3.05, 3.63) is 24.3 Å². The fourth-order valence-electron chi connectivity index (χ4n) is 1.53. The summed E-state index contributed by atoms with van der Waals surface area (Å²) in [6.07, 6.45) is 1.91. The van der Waals surface area contributed by atoms with Crippen LogP contribution in [-0.4, -0.2) is 27.7 Å². The first-order valence-corrected chi connectivity index (χ1v) is 6.47. The molecular formula is C11H14N4OS. The van der Waals surface area contributed by atoms with E-state index in [1.54, 1.807) is 0 Å². The largest absolute Gasteiger partial charge is 0.493 e. The van der Waals surface area contributed by atoms with Gasteiger partial charge < -0.3 is 10.6 Å². The second kappa shape index (κ2) is 5.09. The van der Waals surface area contributed by atoms with Crippen molar-refractivity contribution in [2.24, 2.45) is 0 Å². The molecule has 0 bridgehead atoms. The number of nitrogens with two attached hydrogens (primary N) is 1. The van der Waals surface area contributed by atoms with Gasteiger partial charge in [-0.15, -0.1) is 10.2 Å². The summed E-state index contributed by atoms with van der Waals surface area (Å²) in [6.45, 7) is 2.54. The fraction of sp³-hybridized carbons (Fsp3) is 0.273. The lowest BCUT2D eigenvalue weighted by Gasteiger charge is -2.09. The van der Waals surface area contributed by atoms with Gasteiger partial charge >= 0.3 is 0 Å². The summed E-state index contributed by atoms with van der Waals surface area (Å²) in [7, 11) is 0. The Balaban J connectivity index is 2.48. The van der Waals surface area contributed by atoms with Crippen LogP contribution >= 0.6 is 11.8 Å². The molecule has 0 saturated carbocycles. The van der Waals surface area contributed by atoms with E-state index in [0.717, 1.165) is 11.3 Å². The average molecular weight is 250 g/mol. The summed E-state index contributed by atoms with van der Waals surface area (Å²) < 4.78 is 7.02. The van der Waals surface area contributed by atoms with E-state index in [4.69, 9.17) is 10.6 Å². The highest BCUT2D eigenvalue weighted by molar-refractivity contribution is 7.98. The van der Waals surface area contributed by atoms with E-state index in [-0.39, 0.29) is 0 Å². The molecule has 1 aromatic heterocycles. The van der Waals surface area contributed by atoms with Gasteiger partial charge in [-0.2, -0.15) is 0 Å². The molecule has 1 aromatic carbocycles. The fourth-order valence-corrected chi connectivity index (χ4v) is 1.94. The zero-order valence-electron chi connectivity index (χ0n) is 9.75.